The number of carbonyl (C=O) groups is 3. The van der Waals surface area contributed by atoms with E-state index in [4.69, 9.17) is 21.1 Å². The number of rotatable bonds is 7. The summed E-state index contributed by atoms with van der Waals surface area (Å²) in [7, 11) is 0. The Kier molecular flexibility index (Phi) is 7.20. The van der Waals surface area contributed by atoms with E-state index in [0.717, 1.165) is 0 Å². The number of nitrogens with zero attached hydrogens (tertiary/aromatic N) is 1. The number of likely N-dealkylation sites (tertiary alicyclic amines) is 1. The molecule has 0 radical (unpaired) electrons. The highest BCUT2D eigenvalue weighted by molar-refractivity contribution is 6.46. The second-order valence-corrected chi connectivity index (χ2v) is 7.64. The van der Waals surface area contributed by atoms with E-state index in [2.05, 4.69) is 0 Å². The summed E-state index contributed by atoms with van der Waals surface area (Å²) in [5, 5.41) is 11.5. The summed E-state index contributed by atoms with van der Waals surface area (Å²) in [6.07, 6.45) is 0.614. The second-order valence-electron chi connectivity index (χ2n) is 7.24. The predicted molar refractivity (Wildman–Crippen MR) is 120 cm³/mol. The maximum atomic E-state index is 13.0. The molecule has 7 nitrogen and oxygen atoms in total. The first-order chi connectivity index (χ1) is 15.3. The molecular weight excluding hydrogens is 434 g/mol. The van der Waals surface area contributed by atoms with Gasteiger partial charge < -0.3 is 19.5 Å². The summed E-state index contributed by atoms with van der Waals surface area (Å²) in [5.74, 6) is -1.67. The molecule has 0 aliphatic carbocycles. The van der Waals surface area contributed by atoms with Gasteiger partial charge >= 0.3 is 5.97 Å². The number of Topliss-reactive ketones (excluding diaryl/α,β-unsaturated/α-hetero) is 1. The van der Waals surface area contributed by atoms with Gasteiger partial charge in [-0.2, -0.15) is 0 Å². The van der Waals surface area contributed by atoms with Crippen LogP contribution in [0.15, 0.2) is 48.0 Å². The smallest absolute Gasteiger partial charge is 0.308 e. The first kappa shape index (κ1) is 23.3. The number of esters is 1. The number of benzene rings is 2. The number of hydrogen-bond donors (Lipinski definition) is 1. The molecule has 1 aliphatic rings. The SMILES string of the molecule is CCCN1C(=O)C(=O)/C(=C(\O)c2ccc(Cl)c(OCC)c2)C1c1cccc(OC(C)=O)c1. The van der Waals surface area contributed by atoms with Crippen LogP contribution in [0, 0.1) is 0 Å². The molecule has 0 aromatic heterocycles. The summed E-state index contributed by atoms with van der Waals surface area (Å²) < 4.78 is 10.6. The topological polar surface area (TPSA) is 93.1 Å². The van der Waals surface area contributed by atoms with E-state index in [1.807, 2.05) is 6.92 Å². The highest BCUT2D eigenvalue weighted by atomic mass is 35.5. The minimum absolute atomic E-state index is 0.0480. The molecule has 0 saturated carbocycles. The van der Waals surface area contributed by atoms with Crippen molar-refractivity contribution >= 4 is 35.0 Å². The van der Waals surface area contributed by atoms with Gasteiger partial charge in [0.25, 0.3) is 11.7 Å². The van der Waals surface area contributed by atoms with Crippen LogP contribution in [-0.2, 0) is 14.4 Å². The van der Waals surface area contributed by atoms with Crippen molar-refractivity contribution in [2.45, 2.75) is 33.2 Å². The number of amides is 1. The average molecular weight is 458 g/mol. The van der Waals surface area contributed by atoms with Crippen LogP contribution < -0.4 is 9.47 Å². The van der Waals surface area contributed by atoms with Gasteiger partial charge in [0.15, 0.2) is 0 Å². The lowest BCUT2D eigenvalue weighted by atomic mass is 9.95. The molecule has 1 atom stereocenters. The molecule has 2 aromatic carbocycles. The fourth-order valence-corrected chi connectivity index (χ4v) is 3.86. The standard InChI is InChI=1S/C24H24ClNO6/c1-4-11-26-21(15-7-6-8-17(12-15)32-14(3)27)20(23(29)24(26)30)22(28)16-9-10-18(25)19(13-16)31-5-2/h6-10,12-13,21,28H,4-5,11H2,1-3H3/b22-20-. The van der Waals surface area contributed by atoms with Crippen molar-refractivity contribution in [3.63, 3.8) is 0 Å². The number of aliphatic hydroxyl groups excluding tert-OH is 1. The molecule has 0 spiro atoms. The highest BCUT2D eigenvalue weighted by Gasteiger charge is 2.45. The first-order valence-electron chi connectivity index (χ1n) is 10.3. The Hall–Kier alpha value is -3.32. The quantitative estimate of drug-likeness (QED) is 0.216. The van der Waals surface area contributed by atoms with Crippen molar-refractivity contribution in [1.82, 2.24) is 4.90 Å². The first-order valence-corrected chi connectivity index (χ1v) is 10.7. The number of ketones is 1. The highest BCUT2D eigenvalue weighted by Crippen LogP contribution is 2.41. The Bertz CT molecular complexity index is 1090. The van der Waals surface area contributed by atoms with E-state index in [-0.39, 0.29) is 17.1 Å². The Morgan fingerprint density at radius 2 is 1.91 bits per heavy atom. The van der Waals surface area contributed by atoms with Crippen molar-refractivity contribution in [2.24, 2.45) is 0 Å². The van der Waals surface area contributed by atoms with Gasteiger partial charge in [0.2, 0.25) is 0 Å². The molecule has 1 heterocycles. The lowest BCUT2D eigenvalue weighted by molar-refractivity contribution is -0.139. The fraction of sp³-hybridized carbons (Fsp3) is 0.292. The molecule has 8 heteroatoms. The molecule has 1 aliphatic heterocycles. The minimum atomic E-state index is -0.836. The molecule has 1 fully saturated rings. The molecule has 1 saturated heterocycles. The van der Waals surface area contributed by atoms with Gasteiger partial charge in [0.1, 0.15) is 17.3 Å². The molecular formula is C24H24ClNO6. The Morgan fingerprint density at radius 3 is 2.56 bits per heavy atom. The Labute approximate surface area is 191 Å². The van der Waals surface area contributed by atoms with E-state index >= 15 is 0 Å². The summed E-state index contributed by atoms with van der Waals surface area (Å²) in [6, 6.07) is 10.4. The lowest BCUT2D eigenvalue weighted by Crippen LogP contribution is -2.30. The maximum Gasteiger partial charge on any atom is 0.308 e. The number of halogens is 1. The summed E-state index contributed by atoms with van der Waals surface area (Å²) in [5.41, 5.74) is 0.790. The summed E-state index contributed by atoms with van der Waals surface area (Å²) in [4.78, 5) is 38.6. The van der Waals surface area contributed by atoms with Gasteiger partial charge in [-0.3, -0.25) is 14.4 Å². The van der Waals surface area contributed by atoms with Crippen LogP contribution in [0.3, 0.4) is 0 Å². The van der Waals surface area contributed by atoms with Crippen LogP contribution in [0.25, 0.3) is 5.76 Å². The van der Waals surface area contributed by atoms with Crippen LogP contribution in [0.2, 0.25) is 5.02 Å². The second kappa shape index (κ2) is 9.87. The number of aliphatic hydroxyl groups is 1. The zero-order valence-electron chi connectivity index (χ0n) is 18.1. The van der Waals surface area contributed by atoms with Crippen LogP contribution in [0.1, 0.15) is 44.4 Å². The normalized spacial score (nSPS) is 17.5. The van der Waals surface area contributed by atoms with Gasteiger partial charge in [0, 0.05) is 19.0 Å². The fourth-order valence-electron chi connectivity index (χ4n) is 3.68. The van der Waals surface area contributed by atoms with Crippen molar-refractivity contribution < 1.29 is 29.0 Å². The Balaban J connectivity index is 2.17. The maximum absolute atomic E-state index is 13.0. The summed E-state index contributed by atoms with van der Waals surface area (Å²) in [6.45, 7) is 5.66. The van der Waals surface area contributed by atoms with Gasteiger partial charge in [-0.1, -0.05) is 30.7 Å². The van der Waals surface area contributed by atoms with Gasteiger partial charge in [-0.05, 0) is 49.2 Å². The van der Waals surface area contributed by atoms with Crippen LogP contribution >= 0.6 is 11.6 Å². The number of carbonyl (C=O) groups excluding carboxylic acids is 3. The van der Waals surface area contributed by atoms with Crippen LogP contribution in [0.5, 0.6) is 11.5 Å². The van der Waals surface area contributed by atoms with E-state index in [0.29, 0.717) is 41.5 Å². The lowest BCUT2D eigenvalue weighted by Gasteiger charge is -2.25. The average Bonchev–Trinajstić information content (AvgIpc) is 3.00. The third kappa shape index (κ3) is 4.62. The van der Waals surface area contributed by atoms with Crippen LogP contribution in [-0.4, -0.2) is 40.8 Å². The molecule has 32 heavy (non-hydrogen) atoms. The largest absolute Gasteiger partial charge is 0.507 e. The van der Waals surface area contributed by atoms with Crippen molar-refractivity contribution in [1.29, 1.82) is 0 Å². The molecule has 168 valence electrons. The molecule has 1 amide bonds. The van der Waals surface area contributed by atoms with Gasteiger partial charge in [-0.25, -0.2) is 0 Å². The molecule has 1 N–H and O–H groups in total. The zero-order chi connectivity index (χ0) is 23.4. The van der Waals surface area contributed by atoms with Crippen molar-refractivity contribution in [2.75, 3.05) is 13.2 Å². The summed E-state index contributed by atoms with van der Waals surface area (Å²) >= 11 is 6.15. The zero-order valence-corrected chi connectivity index (χ0v) is 18.8. The van der Waals surface area contributed by atoms with E-state index in [1.165, 1.54) is 17.9 Å². The van der Waals surface area contributed by atoms with E-state index in [9.17, 15) is 19.5 Å². The van der Waals surface area contributed by atoms with Crippen molar-refractivity contribution in [3.8, 4) is 11.5 Å². The number of hydrogen-bond acceptors (Lipinski definition) is 6. The van der Waals surface area contributed by atoms with Gasteiger partial charge in [0.05, 0.1) is 23.2 Å². The third-order valence-electron chi connectivity index (χ3n) is 4.94. The minimum Gasteiger partial charge on any atom is -0.507 e. The monoisotopic (exact) mass is 457 g/mol. The molecule has 3 rings (SSSR count). The van der Waals surface area contributed by atoms with Gasteiger partial charge in [-0.15, -0.1) is 0 Å². The van der Waals surface area contributed by atoms with E-state index < -0.39 is 23.7 Å². The van der Waals surface area contributed by atoms with E-state index in [1.54, 1.807) is 43.3 Å². The molecule has 2 aromatic rings. The number of ether oxygens (including phenoxy) is 2. The molecule has 1 unspecified atom stereocenters. The van der Waals surface area contributed by atoms with Crippen LogP contribution in [0.4, 0.5) is 0 Å². The molecule has 0 bridgehead atoms. The Morgan fingerprint density at radius 1 is 1.16 bits per heavy atom. The third-order valence-corrected chi connectivity index (χ3v) is 5.26. The predicted octanol–water partition coefficient (Wildman–Crippen LogP) is 4.50. The van der Waals surface area contributed by atoms with Crippen molar-refractivity contribution in [3.05, 3.63) is 64.2 Å².